The van der Waals surface area contributed by atoms with Gasteiger partial charge in [0.15, 0.2) is 5.65 Å². The van der Waals surface area contributed by atoms with Crippen molar-refractivity contribution in [2.24, 2.45) is 5.73 Å². The lowest BCUT2D eigenvalue weighted by molar-refractivity contribution is 0.908. The molecule has 18 heavy (non-hydrogen) atoms. The van der Waals surface area contributed by atoms with E-state index in [-0.39, 0.29) is 12.1 Å². The standard InChI is InChI=1S/C13H12N4O/c1-7-2-3-8-5-9-12(15-10(8)4-7)16-11(6-14)17-13(9)18/h2-5H,6,14H2,1H3,(H,15,16,17,18). The van der Waals surface area contributed by atoms with E-state index in [1.807, 2.05) is 31.2 Å². The normalized spacial score (nSPS) is 11.2. The maximum absolute atomic E-state index is 11.9. The molecule has 0 fully saturated rings. The molecule has 0 saturated heterocycles. The van der Waals surface area contributed by atoms with Crippen LogP contribution >= 0.6 is 0 Å². The second-order valence-electron chi connectivity index (χ2n) is 4.27. The number of aromatic nitrogens is 3. The Morgan fingerprint density at radius 2 is 2.11 bits per heavy atom. The third kappa shape index (κ3) is 1.65. The minimum Gasteiger partial charge on any atom is -0.324 e. The van der Waals surface area contributed by atoms with E-state index in [1.54, 1.807) is 0 Å². The van der Waals surface area contributed by atoms with Gasteiger partial charge >= 0.3 is 0 Å². The molecule has 0 atom stereocenters. The van der Waals surface area contributed by atoms with Crippen molar-refractivity contribution in [2.45, 2.75) is 13.5 Å². The zero-order valence-electron chi connectivity index (χ0n) is 9.90. The van der Waals surface area contributed by atoms with E-state index in [0.717, 1.165) is 16.5 Å². The number of aromatic amines is 1. The van der Waals surface area contributed by atoms with Gasteiger partial charge in [-0.05, 0) is 24.6 Å². The van der Waals surface area contributed by atoms with Crippen LogP contribution < -0.4 is 11.3 Å². The fourth-order valence-corrected chi connectivity index (χ4v) is 1.97. The summed E-state index contributed by atoms with van der Waals surface area (Å²) in [5, 5.41) is 1.42. The third-order valence-electron chi connectivity index (χ3n) is 2.89. The summed E-state index contributed by atoms with van der Waals surface area (Å²) in [5.74, 6) is 0.451. The predicted molar refractivity (Wildman–Crippen MR) is 70.3 cm³/mol. The van der Waals surface area contributed by atoms with Crippen LogP contribution in [0.15, 0.2) is 29.1 Å². The molecule has 0 aliphatic heterocycles. The molecule has 1 aromatic carbocycles. The van der Waals surface area contributed by atoms with Gasteiger partial charge in [-0.2, -0.15) is 0 Å². The number of pyridine rings is 1. The van der Waals surface area contributed by atoms with E-state index < -0.39 is 0 Å². The molecule has 0 aliphatic rings. The minimum atomic E-state index is -0.199. The van der Waals surface area contributed by atoms with Gasteiger partial charge < -0.3 is 10.7 Å². The maximum atomic E-state index is 11.9. The van der Waals surface area contributed by atoms with Crippen LogP contribution in [0.3, 0.4) is 0 Å². The van der Waals surface area contributed by atoms with Gasteiger partial charge in [-0.3, -0.25) is 4.79 Å². The van der Waals surface area contributed by atoms with Crippen LogP contribution in [-0.4, -0.2) is 15.0 Å². The number of fused-ring (bicyclic) bond motifs is 2. The van der Waals surface area contributed by atoms with Gasteiger partial charge in [-0.15, -0.1) is 0 Å². The van der Waals surface area contributed by atoms with Gasteiger partial charge in [0, 0.05) is 5.39 Å². The molecule has 5 heteroatoms. The average Bonchev–Trinajstić information content (AvgIpc) is 2.36. The zero-order valence-corrected chi connectivity index (χ0v) is 9.90. The zero-order chi connectivity index (χ0) is 12.7. The highest BCUT2D eigenvalue weighted by molar-refractivity contribution is 5.90. The first kappa shape index (κ1) is 10.9. The topological polar surface area (TPSA) is 84.7 Å². The van der Waals surface area contributed by atoms with Gasteiger partial charge in [0.05, 0.1) is 17.4 Å². The molecule has 0 unspecified atom stereocenters. The number of H-pyrrole nitrogens is 1. The second-order valence-corrected chi connectivity index (χ2v) is 4.27. The Morgan fingerprint density at radius 3 is 2.89 bits per heavy atom. The summed E-state index contributed by atoms with van der Waals surface area (Å²) in [6.45, 7) is 2.20. The molecular formula is C13H12N4O. The monoisotopic (exact) mass is 240 g/mol. The first-order valence-electron chi connectivity index (χ1n) is 5.68. The van der Waals surface area contributed by atoms with Gasteiger partial charge in [-0.1, -0.05) is 12.1 Å². The molecule has 0 spiro atoms. The van der Waals surface area contributed by atoms with Crippen LogP contribution in [0.1, 0.15) is 11.4 Å². The summed E-state index contributed by atoms with van der Waals surface area (Å²) in [6, 6.07) is 7.72. The predicted octanol–water partition coefficient (Wildman–Crippen LogP) is 1.24. The Morgan fingerprint density at radius 1 is 1.28 bits per heavy atom. The summed E-state index contributed by atoms with van der Waals surface area (Å²) in [6.07, 6.45) is 0. The van der Waals surface area contributed by atoms with Crippen molar-refractivity contribution in [1.29, 1.82) is 0 Å². The van der Waals surface area contributed by atoms with Crippen LogP contribution in [0, 0.1) is 6.92 Å². The molecule has 5 nitrogen and oxygen atoms in total. The molecule has 2 aromatic heterocycles. The first-order chi connectivity index (χ1) is 8.67. The molecule has 0 aliphatic carbocycles. The van der Waals surface area contributed by atoms with E-state index in [4.69, 9.17) is 5.73 Å². The molecule has 0 amide bonds. The van der Waals surface area contributed by atoms with Crippen LogP contribution in [0.4, 0.5) is 0 Å². The number of nitrogens with zero attached hydrogens (tertiary/aromatic N) is 2. The lowest BCUT2D eigenvalue weighted by atomic mass is 10.1. The molecule has 0 radical (unpaired) electrons. The third-order valence-corrected chi connectivity index (χ3v) is 2.89. The summed E-state index contributed by atoms with van der Waals surface area (Å²) >= 11 is 0. The summed E-state index contributed by atoms with van der Waals surface area (Å²) in [7, 11) is 0. The molecule has 0 bridgehead atoms. The van der Waals surface area contributed by atoms with Gasteiger partial charge in [0.1, 0.15) is 5.82 Å². The van der Waals surface area contributed by atoms with Crippen molar-refractivity contribution in [3.05, 3.63) is 46.0 Å². The SMILES string of the molecule is Cc1ccc2cc3c(=O)[nH]c(CN)nc3nc2c1. The van der Waals surface area contributed by atoms with E-state index in [0.29, 0.717) is 16.9 Å². The van der Waals surface area contributed by atoms with E-state index in [9.17, 15) is 4.79 Å². The van der Waals surface area contributed by atoms with Gasteiger partial charge in [0.2, 0.25) is 0 Å². The summed E-state index contributed by atoms with van der Waals surface area (Å²) in [5.41, 5.74) is 7.69. The number of nitrogens with two attached hydrogens (primary N) is 1. The molecule has 90 valence electrons. The highest BCUT2D eigenvalue weighted by Crippen LogP contribution is 2.17. The quantitative estimate of drug-likeness (QED) is 0.627. The first-order valence-corrected chi connectivity index (χ1v) is 5.68. The highest BCUT2D eigenvalue weighted by atomic mass is 16.1. The molecule has 3 aromatic rings. The van der Waals surface area contributed by atoms with Crippen molar-refractivity contribution in [1.82, 2.24) is 15.0 Å². The van der Waals surface area contributed by atoms with Crippen LogP contribution in [0.2, 0.25) is 0 Å². The lowest BCUT2D eigenvalue weighted by Crippen LogP contribution is -2.15. The highest BCUT2D eigenvalue weighted by Gasteiger charge is 2.06. The van der Waals surface area contributed by atoms with Crippen molar-refractivity contribution in [2.75, 3.05) is 0 Å². The van der Waals surface area contributed by atoms with Crippen molar-refractivity contribution in [3.63, 3.8) is 0 Å². The Hall–Kier alpha value is -2.27. The number of rotatable bonds is 1. The van der Waals surface area contributed by atoms with Crippen LogP contribution in [-0.2, 0) is 6.54 Å². The van der Waals surface area contributed by atoms with E-state index in [1.165, 1.54) is 0 Å². The molecule has 2 heterocycles. The smallest absolute Gasteiger partial charge is 0.260 e. The fourth-order valence-electron chi connectivity index (χ4n) is 1.97. The van der Waals surface area contributed by atoms with Crippen molar-refractivity contribution in [3.8, 4) is 0 Å². The van der Waals surface area contributed by atoms with Crippen LogP contribution in [0.25, 0.3) is 21.9 Å². The Kier molecular flexibility index (Phi) is 2.34. The van der Waals surface area contributed by atoms with Crippen LogP contribution in [0.5, 0.6) is 0 Å². The van der Waals surface area contributed by atoms with E-state index in [2.05, 4.69) is 15.0 Å². The summed E-state index contributed by atoms with van der Waals surface area (Å²) < 4.78 is 0. The minimum absolute atomic E-state index is 0.193. The largest absolute Gasteiger partial charge is 0.324 e. The van der Waals surface area contributed by atoms with Gasteiger partial charge in [0.25, 0.3) is 5.56 Å². The molecular weight excluding hydrogens is 228 g/mol. The van der Waals surface area contributed by atoms with Crippen molar-refractivity contribution >= 4 is 21.9 Å². The number of aryl methyl sites for hydroxylation is 1. The average molecular weight is 240 g/mol. The Bertz CT molecular complexity index is 807. The van der Waals surface area contributed by atoms with E-state index >= 15 is 0 Å². The van der Waals surface area contributed by atoms with Gasteiger partial charge in [-0.25, -0.2) is 9.97 Å². The molecule has 3 rings (SSSR count). The number of nitrogens with one attached hydrogen (secondary N) is 1. The number of hydrogen-bond donors (Lipinski definition) is 2. The number of benzene rings is 1. The second kappa shape index (κ2) is 3.89. The van der Waals surface area contributed by atoms with Crippen molar-refractivity contribution < 1.29 is 0 Å². The summed E-state index contributed by atoms with van der Waals surface area (Å²) in [4.78, 5) is 23.2. The Balaban J connectivity index is 2.45. The number of hydrogen-bond acceptors (Lipinski definition) is 4. The fraction of sp³-hybridized carbons (Fsp3) is 0.154. The molecule has 0 saturated carbocycles. The Labute approximate surface area is 103 Å². The maximum Gasteiger partial charge on any atom is 0.260 e. The molecule has 3 N–H and O–H groups in total. The lowest BCUT2D eigenvalue weighted by Gasteiger charge is -2.03.